The number of H-pyrrole nitrogens is 1. The molecule has 0 radical (unpaired) electrons. The Morgan fingerprint density at radius 1 is 1.26 bits per heavy atom. The fraction of sp³-hybridized carbons (Fsp3) is 0.238. The molecular formula is C21H20ClN3O2. The van der Waals surface area contributed by atoms with E-state index in [9.17, 15) is 4.79 Å². The van der Waals surface area contributed by atoms with Crippen LogP contribution in [0.15, 0.2) is 48.5 Å². The molecule has 2 aromatic carbocycles. The first kappa shape index (κ1) is 17.6. The van der Waals surface area contributed by atoms with Crippen LogP contribution in [0.25, 0.3) is 11.3 Å². The monoisotopic (exact) mass is 381 g/mol. The number of hydrogen-bond donors (Lipinski definition) is 2. The normalized spacial score (nSPS) is 13.4. The molecule has 5 nitrogen and oxygen atoms in total. The minimum atomic E-state index is -0.0881. The minimum absolute atomic E-state index is 0.0881. The second-order valence-corrected chi connectivity index (χ2v) is 7.16. The molecule has 1 heterocycles. The molecule has 1 saturated carbocycles. The van der Waals surface area contributed by atoms with E-state index in [2.05, 4.69) is 15.5 Å². The highest BCUT2D eigenvalue weighted by Gasteiger charge is 2.31. The predicted octanol–water partition coefficient (Wildman–Crippen LogP) is 4.80. The number of halogens is 1. The van der Waals surface area contributed by atoms with Gasteiger partial charge in [0, 0.05) is 16.5 Å². The Morgan fingerprint density at radius 2 is 2.07 bits per heavy atom. The molecule has 1 amide bonds. The maximum absolute atomic E-state index is 12.7. The number of ether oxygens (including phenoxy) is 1. The number of carbonyl (C=O) groups is 1. The van der Waals surface area contributed by atoms with E-state index in [1.54, 1.807) is 7.11 Å². The van der Waals surface area contributed by atoms with E-state index in [0.717, 1.165) is 46.8 Å². The van der Waals surface area contributed by atoms with Gasteiger partial charge in [0.1, 0.15) is 11.4 Å². The van der Waals surface area contributed by atoms with Crippen LogP contribution >= 0.6 is 11.6 Å². The van der Waals surface area contributed by atoms with Crippen LogP contribution in [0.1, 0.15) is 30.0 Å². The lowest BCUT2D eigenvalue weighted by molar-refractivity contribution is -0.115. The largest absolute Gasteiger partial charge is 0.497 e. The number of nitrogens with zero attached hydrogens (tertiary/aromatic N) is 1. The Bertz CT molecular complexity index is 979. The van der Waals surface area contributed by atoms with Gasteiger partial charge in [-0.05, 0) is 42.7 Å². The number of anilines is 1. The summed E-state index contributed by atoms with van der Waals surface area (Å²) in [5.74, 6) is 1.08. The van der Waals surface area contributed by atoms with Crippen molar-refractivity contribution in [1.29, 1.82) is 0 Å². The van der Waals surface area contributed by atoms with Gasteiger partial charge in [-0.2, -0.15) is 5.10 Å². The molecule has 1 aliphatic rings. The fourth-order valence-corrected chi connectivity index (χ4v) is 3.34. The molecule has 6 heteroatoms. The van der Waals surface area contributed by atoms with Crippen LogP contribution in [0.2, 0.25) is 5.02 Å². The van der Waals surface area contributed by atoms with E-state index in [1.165, 1.54) is 0 Å². The third-order valence-electron chi connectivity index (χ3n) is 4.64. The first-order valence-corrected chi connectivity index (χ1v) is 9.29. The van der Waals surface area contributed by atoms with Gasteiger partial charge >= 0.3 is 0 Å². The average molecular weight is 382 g/mol. The number of aromatic amines is 1. The summed E-state index contributed by atoms with van der Waals surface area (Å²) in [6, 6.07) is 15.0. The lowest BCUT2D eigenvalue weighted by Crippen LogP contribution is -2.15. The van der Waals surface area contributed by atoms with Crippen molar-refractivity contribution in [3.63, 3.8) is 0 Å². The summed E-state index contributed by atoms with van der Waals surface area (Å²) in [5.41, 5.74) is 4.24. The number of amides is 1. The van der Waals surface area contributed by atoms with Crippen molar-refractivity contribution in [3.8, 4) is 17.0 Å². The van der Waals surface area contributed by atoms with Gasteiger partial charge in [0.05, 0.1) is 24.9 Å². The lowest BCUT2D eigenvalue weighted by atomic mass is 10.1. The molecule has 0 aliphatic heterocycles. The summed E-state index contributed by atoms with van der Waals surface area (Å²) in [5, 5.41) is 11.3. The number of hydrogen-bond acceptors (Lipinski definition) is 3. The summed E-state index contributed by atoms with van der Waals surface area (Å²) in [6.45, 7) is 0. The van der Waals surface area contributed by atoms with Gasteiger partial charge in [0.25, 0.3) is 0 Å². The maximum atomic E-state index is 12.7. The van der Waals surface area contributed by atoms with E-state index < -0.39 is 0 Å². The Balaban J connectivity index is 1.60. The van der Waals surface area contributed by atoms with Gasteiger partial charge in [0.15, 0.2) is 0 Å². The molecule has 1 aromatic heterocycles. The fourth-order valence-electron chi connectivity index (χ4n) is 3.15. The molecule has 0 bridgehead atoms. The number of benzene rings is 2. The van der Waals surface area contributed by atoms with Crippen molar-refractivity contribution in [2.24, 2.45) is 0 Å². The lowest BCUT2D eigenvalue weighted by Gasteiger charge is -2.09. The molecule has 3 aromatic rings. The highest BCUT2D eigenvalue weighted by atomic mass is 35.5. The van der Waals surface area contributed by atoms with Gasteiger partial charge in [-0.25, -0.2) is 0 Å². The smallest absolute Gasteiger partial charge is 0.228 e. The average Bonchev–Trinajstić information content (AvgIpc) is 3.42. The third-order valence-corrected chi connectivity index (χ3v) is 4.88. The first-order chi connectivity index (χ1) is 13.1. The Morgan fingerprint density at radius 3 is 2.81 bits per heavy atom. The van der Waals surface area contributed by atoms with Gasteiger partial charge in [-0.3, -0.25) is 9.89 Å². The van der Waals surface area contributed by atoms with Crippen molar-refractivity contribution in [2.45, 2.75) is 25.2 Å². The zero-order valence-corrected chi connectivity index (χ0v) is 15.7. The van der Waals surface area contributed by atoms with Crippen LogP contribution in [0.5, 0.6) is 5.75 Å². The zero-order chi connectivity index (χ0) is 18.8. The van der Waals surface area contributed by atoms with Gasteiger partial charge < -0.3 is 10.1 Å². The van der Waals surface area contributed by atoms with E-state index in [-0.39, 0.29) is 12.3 Å². The molecule has 1 fully saturated rings. The number of methoxy groups -OCH3 is 1. The van der Waals surface area contributed by atoms with Gasteiger partial charge in [0.2, 0.25) is 5.91 Å². The molecule has 0 saturated heterocycles. The quantitative estimate of drug-likeness (QED) is 0.644. The highest BCUT2D eigenvalue weighted by molar-refractivity contribution is 6.30. The topological polar surface area (TPSA) is 67.0 Å². The summed E-state index contributed by atoms with van der Waals surface area (Å²) in [6.07, 6.45) is 2.48. The number of nitrogens with one attached hydrogen (secondary N) is 2. The molecule has 138 valence electrons. The predicted molar refractivity (Wildman–Crippen MR) is 106 cm³/mol. The van der Waals surface area contributed by atoms with Gasteiger partial charge in [-0.15, -0.1) is 0 Å². The standard InChI is InChI=1S/C21H20ClN3O2/c1-27-17-7-2-4-13(10-17)11-18(26)23-21-19(14-8-9-14)24-25-20(21)15-5-3-6-16(22)12-15/h2-7,10,12,14H,8-9,11H2,1H3,(H,23,26)(H,24,25). The Hall–Kier alpha value is -2.79. The van der Waals surface area contributed by atoms with Crippen LogP contribution in [0, 0.1) is 0 Å². The molecule has 0 spiro atoms. The number of aromatic nitrogens is 2. The molecule has 1 aliphatic carbocycles. The summed E-state index contributed by atoms with van der Waals surface area (Å²) in [4.78, 5) is 12.7. The Kier molecular flexibility index (Phi) is 4.86. The van der Waals surface area contributed by atoms with Crippen molar-refractivity contribution in [1.82, 2.24) is 10.2 Å². The molecule has 2 N–H and O–H groups in total. The van der Waals surface area contributed by atoms with Gasteiger partial charge in [-0.1, -0.05) is 35.9 Å². The SMILES string of the molecule is COc1cccc(CC(=O)Nc2c(-c3cccc(Cl)c3)n[nH]c2C2CC2)c1. The van der Waals surface area contributed by atoms with Crippen LogP contribution in [-0.4, -0.2) is 23.2 Å². The minimum Gasteiger partial charge on any atom is -0.497 e. The van der Waals surface area contributed by atoms with Crippen LogP contribution in [0.3, 0.4) is 0 Å². The van der Waals surface area contributed by atoms with E-state index >= 15 is 0 Å². The second kappa shape index (κ2) is 7.45. The molecule has 4 rings (SSSR count). The highest BCUT2D eigenvalue weighted by Crippen LogP contribution is 2.45. The van der Waals surface area contributed by atoms with E-state index in [1.807, 2.05) is 48.5 Å². The summed E-state index contributed by atoms with van der Waals surface area (Å²) in [7, 11) is 1.61. The van der Waals surface area contributed by atoms with Crippen LogP contribution in [-0.2, 0) is 11.2 Å². The molecule has 0 atom stereocenters. The van der Waals surface area contributed by atoms with Crippen molar-refractivity contribution >= 4 is 23.2 Å². The zero-order valence-electron chi connectivity index (χ0n) is 15.0. The van der Waals surface area contributed by atoms with E-state index in [4.69, 9.17) is 16.3 Å². The number of rotatable bonds is 6. The van der Waals surface area contributed by atoms with Crippen LogP contribution < -0.4 is 10.1 Å². The first-order valence-electron chi connectivity index (χ1n) is 8.91. The van der Waals surface area contributed by atoms with E-state index in [0.29, 0.717) is 10.9 Å². The molecule has 0 unspecified atom stereocenters. The second-order valence-electron chi connectivity index (χ2n) is 6.72. The summed E-state index contributed by atoms with van der Waals surface area (Å²) < 4.78 is 5.23. The summed E-state index contributed by atoms with van der Waals surface area (Å²) >= 11 is 6.13. The van der Waals surface area contributed by atoms with Crippen molar-refractivity contribution in [3.05, 3.63) is 64.8 Å². The molecular weight excluding hydrogens is 362 g/mol. The Labute approximate surface area is 162 Å². The number of carbonyl (C=O) groups excluding carboxylic acids is 1. The van der Waals surface area contributed by atoms with Crippen molar-refractivity contribution < 1.29 is 9.53 Å². The van der Waals surface area contributed by atoms with Crippen molar-refractivity contribution in [2.75, 3.05) is 12.4 Å². The molecule has 27 heavy (non-hydrogen) atoms. The van der Waals surface area contributed by atoms with Crippen LogP contribution in [0.4, 0.5) is 5.69 Å². The third kappa shape index (κ3) is 3.98. The maximum Gasteiger partial charge on any atom is 0.228 e.